The van der Waals surface area contributed by atoms with Crippen LogP contribution in [0, 0.1) is 0 Å². The van der Waals surface area contributed by atoms with Gasteiger partial charge in [0, 0.05) is 17.5 Å². The van der Waals surface area contributed by atoms with Crippen LogP contribution in [0.3, 0.4) is 0 Å². The summed E-state index contributed by atoms with van der Waals surface area (Å²) in [6.45, 7) is 8.18. The topological polar surface area (TPSA) is 38.8 Å². The van der Waals surface area contributed by atoms with E-state index in [1.807, 2.05) is 13.0 Å². The standard InChI is InChI=1S/C22H29NO3/c1-4-7-15(2)21(24)23-14-22(8-5-6-9-22)18-13-20-19(25-10-11-26-20)12-17(18)16(23)3/h7,12-13,16H,4-6,8-11,14H2,1-3H3/b15-7-. The Bertz CT molecular complexity index is 746. The highest BCUT2D eigenvalue weighted by Crippen LogP contribution is 2.52. The summed E-state index contributed by atoms with van der Waals surface area (Å²) in [7, 11) is 0. The van der Waals surface area contributed by atoms with Crippen LogP contribution in [0.15, 0.2) is 23.8 Å². The minimum Gasteiger partial charge on any atom is -0.486 e. The highest BCUT2D eigenvalue weighted by atomic mass is 16.6. The van der Waals surface area contributed by atoms with Gasteiger partial charge >= 0.3 is 0 Å². The van der Waals surface area contributed by atoms with E-state index < -0.39 is 0 Å². The number of rotatable bonds is 2. The molecule has 2 heterocycles. The summed E-state index contributed by atoms with van der Waals surface area (Å²) in [5.74, 6) is 1.87. The molecule has 4 rings (SSSR count). The van der Waals surface area contributed by atoms with Gasteiger partial charge in [0.05, 0.1) is 6.04 Å². The fraction of sp³-hybridized carbons (Fsp3) is 0.591. The van der Waals surface area contributed by atoms with E-state index in [0.717, 1.165) is 42.9 Å². The zero-order valence-electron chi connectivity index (χ0n) is 16.1. The first-order valence-electron chi connectivity index (χ1n) is 9.97. The van der Waals surface area contributed by atoms with E-state index in [4.69, 9.17) is 9.47 Å². The summed E-state index contributed by atoms with van der Waals surface area (Å²) >= 11 is 0. The molecule has 1 spiro atoms. The van der Waals surface area contributed by atoms with Gasteiger partial charge in [-0.2, -0.15) is 0 Å². The number of ether oxygens (including phenoxy) is 2. The third-order valence-electron chi connectivity index (χ3n) is 6.35. The third kappa shape index (κ3) is 2.70. The smallest absolute Gasteiger partial charge is 0.249 e. The largest absolute Gasteiger partial charge is 0.486 e. The SMILES string of the molecule is CC/C=C(/C)C(=O)N1CC2(CCCC2)c2cc3c(cc2C1C)OCCO3. The Morgan fingerprint density at radius 3 is 2.54 bits per heavy atom. The van der Waals surface area contributed by atoms with Crippen molar-refractivity contribution in [3.8, 4) is 11.5 Å². The van der Waals surface area contributed by atoms with E-state index in [1.165, 1.54) is 24.0 Å². The Balaban J connectivity index is 1.80. The summed E-state index contributed by atoms with van der Waals surface area (Å²) < 4.78 is 11.7. The Morgan fingerprint density at radius 1 is 1.23 bits per heavy atom. The van der Waals surface area contributed by atoms with Crippen LogP contribution in [0.5, 0.6) is 11.5 Å². The zero-order chi connectivity index (χ0) is 18.3. The lowest BCUT2D eigenvalue weighted by atomic mass is 9.71. The molecule has 1 atom stereocenters. The molecule has 26 heavy (non-hydrogen) atoms. The van der Waals surface area contributed by atoms with Crippen LogP contribution >= 0.6 is 0 Å². The summed E-state index contributed by atoms with van der Waals surface area (Å²) in [5, 5.41) is 0. The number of hydrogen-bond acceptors (Lipinski definition) is 3. The van der Waals surface area contributed by atoms with Crippen LogP contribution in [0.2, 0.25) is 0 Å². The first-order chi connectivity index (χ1) is 12.6. The van der Waals surface area contributed by atoms with Gasteiger partial charge in [-0.3, -0.25) is 4.79 Å². The van der Waals surface area contributed by atoms with Gasteiger partial charge in [-0.25, -0.2) is 0 Å². The molecule has 1 aliphatic carbocycles. The summed E-state index contributed by atoms with van der Waals surface area (Å²) in [5.41, 5.74) is 3.54. The molecule has 1 saturated carbocycles. The summed E-state index contributed by atoms with van der Waals surface area (Å²) in [4.78, 5) is 15.2. The molecule has 1 fully saturated rings. The normalized spacial score (nSPS) is 23.9. The molecule has 0 saturated heterocycles. The molecule has 4 nitrogen and oxygen atoms in total. The van der Waals surface area contributed by atoms with Gasteiger partial charge in [-0.15, -0.1) is 0 Å². The molecular weight excluding hydrogens is 326 g/mol. The number of allylic oxidation sites excluding steroid dienone is 1. The summed E-state index contributed by atoms with van der Waals surface area (Å²) in [6.07, 6.45) is 7.68. The van der Waals surface area contributed by atoms with Crippen molar-refractivity contribution in [3.05, 3.63) is 34.9 Å². The minimum absolute atomic E-state index is 0.0553. The van der Waals surface area contributed by atoms with Crippen LogP contribution in [0.1, 0.15) is 70.0 Å². The Morgan fingerprint density at radius 2 is 1.88 bits per heavy atom. The second-order valence-electron chi connectivity index (χ2n) is 7.97. The monoisotopic (exact) mass is 355 g/mol. The van der Waals surface area contributed by atoms with Crippen molar-refractivity contribution in [1.29, 1.82) is 0 Å². The Labute approximate surface area is 156 Å². The molecule has 1 amide bonds. The predicted octanol–water partition coefficient (Wildman–Crippen LogP) is 4.53. The van der Waals surface area contributed by atoms with Crippen LogP contribution < -0.4 is 9.47 Å². The molecule has 0 N–H and O–H groups in total. The quantitative estimate of drug-likeness (QED) is 0.732. The van der Waals surface area contributed by atoms with Gasteiger partial charge in [-0.05, 0) is 56.4 Å². The van der Waals surface area contributed by atoms with Crippen LogP contribution in [0.25, 0.3) is 0 Å². The predicted molar refractivity (Wildman–Crippen MR) is 102 cm³/mol. The maximum Gasteiger partial charge on any atom is 0.249 e. The molecule has 0 bridgehead atoms. The van der Waals surface area contributed by atoms with Crippen LogP contribution in [-0.4, -0.2) is 30.6 Å². The van der Waals surface area contributed by atoms with Crippen molar-refractivity contribution in [2.45, 2.75) is 64.3 Å². The number of amides is 1. The average Bonchev–Trinajstić information content (AvgIpc) is 3.12. The highest BCUT2D eigenvalue weighted by molar-refractivity contribution is 5.93. The highest BCUT2D eigenvalue weighted by Gasteiger charge is 2.46. The van der Waals surface area contributed by atoms with Crippen molar-refractivity contribution in [1.82, 2.24) is 4.90 Å². The van der Waals surface area contributed by atoms with Crippen molar-refractivity contribution in [2.24, 2.45) is 0 Å². The van der Waals surface area contributed by atoms with E-state index in [9.17, 15) is 4.79 Å². The average molecular weight is 355 g/mol. The van der Waals surface area contributed by atoms with Gasteiger partial charge in [0.25, 0.3) is 0 Å². The van der Waals surface area contributed by atoms with E-state index >= 15 is 0 Å². The van der Waals surface area contributed by atoms with Crippen LogP contribution in [0.4, 0.5) is 0 Å². The maximum absolute atomic E-state index is 13.1. The number of hydrogen-bond donors (Lipinski definition) is 0. The zero-order valence-corrected chi connectivity index (χ0v) is 16.1. The number of carbonyl (C=O) groups excluding carboxylic acids is 1. The van der Waals surface area contributed by atoms with E-state index in [1.54, 1.807) is 0 Å². The van der Waals surface area contributed by atoms with Crippen molar-refractivity contribution in [3.63, 3.8) is 0 Å². The van der Waals surface area contributed by atoms with E-state index in [0.29, 0.717) is 13.2 Å². The maximum atomic E-state index is 13.1. The minimum atomic E-state index is 0.0553. The number of fused-ring (bicyclic) bond motifs is 3. The molecule has 0 radical (unpaired) electrons. The first kappa shape index (κ1) is 17.4. The van der Waals surface area contributed by atoms with Crippen LogP contribution in [-0.2, 0) is 10.2 Å². The molecule has 4 heteroatoms. The summed E-state index contributed by atoms with van der Waals surface area (Å²) in [6, 6.07) is 4.40. The second kappa shape index (κ2) is 6.64. The van der Waals surface area contributed by atoms with Gasteiger partial charge in [-0.1, -0.05) is 25.8 Å². The van der Waals surface area contributed by atoms with Gasteiger partial charge in [0.15, 0.2) is 11.5 Å². The fourth-order valence-electron chi connectivity index (χ4n) is 4.97. The van der Waals surface area contributed by atoms with Crippen molar-refractivity contribution in [2.75, 3.05) is 19.8 Å². The lowest BCUT2D eigenvalue weighted by Gasteiger charge is -2.46. The lowest BCUT2D eigenvalue weighted by molar-refractivity contribution is -0.131. The Hall–Kier alpha value is -1.97. The van der Waals surface area contributed by atoms with Gasteiger partial charge < -0.3 is 14.4 Å². The molecule has 1 unspecified atom stereocenters. The number of nitrogens with zero attached hydrogens (tertiary/aromatic N) is 1. The van der Waals surface area contributed by atoms with Crippen molar-refractivity contribution >= 4 is 5.91 Å². The van der Waals surface area contributed by atoms with Gasteiger partial charge in [0.2, 0.25) is 5.91 Å². The molecular formula is C22H29NO3. The molecule has 0 aromatic heterocycles. The molecule has 140 valence electrons. The molecule has 3 aliphatic rings. The first-order valence-corrected chi connectivity index (χ1v) is 9.97. The second-order valence-corrected chi connectivity index (χ2v) is 7.97. The number of benzene rings is 1. The number of carbonyl (C=O) groups is 1. The third-order valence-corrected chi connectivity index (χ3v) is 6.35. The van der Waals surface area contributed by atoms with Gasteiger partial charge in [0.1, 0.15) is 13.2 Å². The molecule has 2 aliphatic heterocycles. The van der Waals surface area contributed by atoms with Crippen molar-refractivity contribution < 1.29 is 14.3 Å². The Kier molecular flexibility index (Phi) is 4.45. The van der Waals surface area contributed by atoms with E-state index in [2.05, 4.69) is 30.9 Å². The fourth-order valence-corrected chi connectivity index (χ4v) is 4.97. The molecule has 1 aromatic carbocycles. The lowest BCUT2D eigenvalue weighted by Crippen LogP contribution is -2.49. The molecule has 1 aromatic rings. The van der Waals surface area contributed by atoms with E-state index in [-0.39, 0.29) is 17.4 Å².